The number of carbonyl (C=O) groups is 3. The predicted octanol–water partition coefficient (Wildman–Crippen LogP) is -0.914. The van der Waals surface area contributed by atoms with Gasteiger partial charge in [-0.25, -0.2) is 0 Å². The van der Waals surface area contributed by atoms with Crippen molar-refractivity contribution in [1.29, 1.82) is 0 Å². The van der Waals surface area contributed by atoms with Crippen LogP contribution in [0.1, 0.15) is 25.7 Å². The van der Waals surface area contributed by atoms with E-state index in [0.717, 1.165) is 19.4 Å². The zero-order valence-corrected chi connectivity index (χ0v) is 9.83. The third kappa shape index (κ3) is 7.58. The molecule has 0 amide bonds. The molecule has 8 nitrogen and oxygen atoms in total. The minimum absolute atomic E-state index is 0.0231. The Hall–Kier alpha value is -1.67. The second-order valence-corrected chi connectivity index (χ2v) is 3.86. The van der Waals surface area contributed by atoms with Gasteiger partial charge in [0, 0.05) is 6.42 Å². The van der Waals surface area contributed by atoms with Gasteiger partial charge < -0.3 is 26.4 Å². The van der Waals surface area contributed by atoms with Gasteiger partial charge in [0.25, 0.3) is 0 Å². The quantitative estimate of drug-likeness (QED) is 0.427. The van der Waals surface area contributed by atoms with Crippen LogP contribution in [0.2, 0.25) is 0 Å². The lowest BCUT2D eigenvalue weighted by Crippen LogP contribution is -2.30. The smallest absolute Gasteiger partial charge is 0.320 e. The third-order valence-corrected chi connectivity index (χ3v) is 2.34. The molecule has 0 unspecified atom stereocenters. The summed E-state index contributed by atoms with van der Waals surface area (Å²) < 4.78 is 0. The molecule has 0 spiro atoms. The van der Waals surface area contributed by atoms with E-state index in [9.17, 15) is 14.4 Å². The van der Waals surface area contributed by atoms with Crippen molar-refractivity contribution in [3.05, 3.63) is 0 Å². The monoisotopic (exact) mass is 262 g/mol. The first-order chi connectivity index (χ1) is 8.34. The van der Waals surface area contributed by atoms with Gasteiger partial charge in [0.15, 0.2) is 0 Å². The highest BCUT2D eigenvalue weighted by Gasteiger charge is 2.20. The van der Waals surface area contributed by atoms with Crippen LogP contribution in [0.25, 0.3) is 0 Å². The van der Waals surface area contributed by atoms with Crippen LogP contribution in [0.3, 0.4) is 0 Å². The number of hydrogen-bond donors (Lipinski definition) is 5. The predicted molar refractivity (Wildman–Crippen MR) is 61.1 cm³/mol. The Kier molecular flexibility index (Phi) is 7.64. The highest BCUT2D eigenvalue weighted by molar-refractivity contribution is 5.74. The SMILES string of the molecule is N[C@@H](CCC(=O)O)C(=O)O.O=C(O)[C@@H]1CCCN1. The van der Waals surface area contributed by atoms with Gasteiger partial charge in [-0.15, -0.1) is 0 Å². The molecule has 6 N–H and O–H groups in total. The van der Waals surface area contributed by atoms with Crippen molar-refractivity contribution in [3.8, 4) is 0 Å². The van der Waals surface area contributed by atoms with Gasteiger partial charge in [-0.1, -0.05) is 0 Å². The molecule has 0 aliphatic carbocycles. The Bertz CT molecular complexity index is 301. The molecule has 1 saturated heterocycles. The molecule has 18 heavy (non-hydrogen) atoms. The Morgan fingerprint density at radius 1 is 1.28 bits per heavy atom. The van der Waals surface area contributed by atoms with E-state index in [1.165, 1.54) is 0 Å². The van der Waals surface area contributed by atoms with E-state index < -0.39 is 23.9 Å². The second kappa shape index (κ2) is 8.43. The van der Waals surface area contributed by atoms with Crippen molar-refractivity contribution in [1.82, 2.24) is 5.32 Å². The van der Waals surface area contributed by atoms with Gasteiger partial charge in [0.05, 0.1) is 0 Å². The molecule has 0 bridgehead atoms. The zero-order chi connectivity index (χ0) is 14.1. The number of aliphatic carboxylic acids is 3. The van der Waals surface area contributed by atoms with Gasteiger partial charge in [-0.05, 0) is 25.8 Å². The van der Waals surface area contributed by atoms with Crippen LogP contribution in [0.5, 0.6) is 0 Å². The first-order valence-corrected chi connectivity index (χ1v) is 5.51. The average Bonchev–Trinajstić information content (AvgIpc) is 2.79. The van der Waals surface area contributed by atoms with Crippen molar-refractivity contribution in [3.63, 3.8) is 0 Å². The topological polar surface area (TPSA) is 150 Å². The van der Waals surface area contributed by atoms with Crippen LogP contribution in [0.4, 0.5) is 0 Å². The van der Waals surface area contributed by atoms with E-state index >= 15 is 0 Å². The minimum atomic E-state index is -1.17. The summed E-state index contributed by atoms with van der Waals surface area (Å²) in [7, 11) is 0. The molecule has 1 fully saturated rings. The summed E-state index contributed by atoms with van der Waals surface area (Å²) in [6, 6.07) is -1.33. The summed E-state index contributed by atoms with van der Waals surface area (Å²) >= 11 is 0. The fourth-order valence-electron chi connectivity index (χ4n) is 1.30. The third-order valence-electron chi connectivity index (χ3n) is 2.34. The van der Waals surface area contributed by atoms with Gasteiger partial charge in [0.2, 0.25) is 0 Å². The Morgan fingerprint density at radius 2 is 1.89 bits per heavy atom. The molecule has 0 aromatic heterocycles. The first-order valence-electron chi connectivity index (χ1n) is 5.51. The molecule has 1 rings (SSSR count). The normalized spacial score (nSPS) is 19.5. The molecule has 0 radical (unpaired) electrons. The lowest BCUT2D eigenvalue weighted by atomic mass is 10.2. The van der Waals surface area contributed by atoms with Crippen molar-refractivity contribution in [2.75, 3.05) is 6.54 Å². The van der Waals surface area contributed by atoms with E-state index in [1.54, 1.807) is 0 Å². The van der Waals surface area contributed by atoms with Crippen LogP contribution < -0.4 is 11.1 Å². The first kappa shape index (κ1) is 16.3. The molecule has 8 heteroatoms. The summed E-state index contributed by atoms with van der Waals surface area (Å²) in [6.07, 6.45) is 1.56. The molecule has 104 valence electrons. The molecule has 2 atom stereocenters. The van der Waals surface area contributed by atoms with Crippen LogP contribution in [-0.2, 0) is 14.4 Å². The average molecular weight is 262 g/mol. The highest BCUT2D eigenvalue weighted by Crippen LogP contribution is 2.03. The molecule has 0 saturated carbocycles. The molecule has 0 aromatic rings. The Balaban J connectivity index is 0.000000327. The molecule has 1 aliphatic heterocycles. The summed E-state index contributed by atoms with van der Waals surface area (Å²) in [6.45, 7) is 0.858. The molecule has 1 heterocycles. The van der Waals surface area contributed by atoms with E-state index in [2.05, 4.69) is 5.32 Å². The maximum atomic E-state index is 10.1. The summed E-state index contributed by atoms with van der Waals surface area (Å²) in [4.78, 5) is 30.0. The lowest BCUT2D eigenvalue weighted by Gasteiger charge is -2.01. The van der Waals surface area contributed by atoms with Crippen LogP contribution in [0.15, 0.2) is 0 Å². The molecular weight excluding hydrogens is 244 g/mol. The van der Waals surface area contributed by atoms with Crippen molar-refractivity contribution in [2.45, 2.75) is 37.8 Å². The number of nitrogens with one attached hydrogen (secondary N) is 1. The molecule has 0 aromatic carbocycles. The van der Waals surface area contributed by atoms with Crippen LogP contribution >= 0.6 is 0 Å². The fraction of sp³-hybridized carbons (Fsp3) is 0.700. The van der Waals surface area contributed by atoms with Crippen molar-refractivity contribution in [2.24, 2.45) is 5.73 Å². The number of hydrogen-bond acceptors (Lipinski definition) is 5. The van der Waals surface area contributed by atoms with Crippen molar-refractivity contribution >= 4 is 17.9 Å². The summed E-state index contributed by atoms with van der Waals surface area (Å²) in [5.74, 6) is -2.92. The zero-order valence-electron chi connectivity index (χ0n) is 9.83. The van der Waals surface area contributed by atoms with Gasteiger partial charge in [-0.2, -0.15) is 0 Å². The largest absolute Gasteiger partial charge is 0.481 e. The maximum absolute atomic E-state index is 10.1. The standard InChI is InChI=1S/C5H9NO4.C5H9NO2/c6-3(5(9)10)1-2-4(7)8;7-5(8)4-2-1-3-6-4/h3H,1-2,6H2,(H,7,8)(H,9,10);4,6H,1-3H2,(H,7,8)/t3-;4-/m00/s1. The molecule has 1 aliphatic rings. The number of rotatable bonds is 5. The highest BCUT2D eigenvalue weighted by atomic mass is 16.4. The van der Waals surface area contributed by atoms with Gasteiger partial charge in [0.1, 0.15) is 12.1 Å². The maximum Gasteiger partial charge on any atom is 0.320 e. The van der Waals surface area contributed by atoms with E-state index in [0.29, 0.717) is 0 Å². The van der Waals surface area contributed by atoms with E-state index in [-0.39, 0.29) is 18.9 Å². The fourth-order valence-corrected chi connectivity index (χ4v) is 1.30. The van der Waals surface area contributed by atoms with Gasteiger partial charge in [-0.3, -0.25) is 14.4 Å². The second-order valence-electron chi connectivity index (χ2n) is 3.86. The number of carboxylic acids is 3. The number of nitrogens with two attached hydrogens (primary N) is 1. The Labute approximate surface area is 104 Å². The van der Waals surface area contributed by atoms with Gasteiger partial charge >= 0.3 is 17.9 Å². The minimum Gasteiger partial charge on any atom is -0.481 e. The summed E-state index contributed by atoms with van der Waals surface area (Å²) in [5.41, 5.74) is 5.00. The van der Waals surface area contributed by atoms with Crippen molar-refractivity contribution < 1.29 is 29.7 Å². The number of carboxylic acid groups (broad SMARTS) is 3. The Morgan fingerprint density at radius 3 is 2.17 bits per heavy atom. The lowest BCUT2D eigenvalue weighted by molar-refractivity contribution is -0.140. The van der Waals surface area contributed by atoms with E-state index in [1.807, 2.05) is 0 Å². The van der Waals surface area contributed by atoms with Crippen LogP contribution in [0, 0.1) is 0 Å². The molecular formula is C10H18N2O6. The van der Waals surface area contributed by atoms with Crippen LogP contribution in [-0.4, -0.2) is 51.9 Å². The van der Waals surface area contributed by atoms with E-state index in [4.69, 9.17) is 21.1 Å². The summed E-state index contributed by atoms with van der Waals surface area (Å²) in [5, 5.41) is 27.5.